The molecule has 0 aromatic carbocycles. The zero-order chi connectivity index (χ0) is 45.7. The first-order valence-corrected chi connectivity index (χ1v) is 26.8. The van der Waals surface area contributed by atoms with Crippen molar-refractivity contribution in [2.24, 2.45) is 0 Å². The molecule has 62 heavy (non-hydrogen) atoms. The van der Waals surface area contributed by atoms with Crippen molar-refractivity contribution in [1.29, 1.82) is 0 Å². The standard InChI is InChI=1S/C53H97N2O6P/c1-6-8-10-12-14-16-18-20-22-24-26-27-29-31-33-35-37-39-41-43-45-47-53(57)54-51(50-61-62(58,59)60-49-48-55(3,4)5)52(56)46-44-42-40-38-36-34-32-30-28-25-23-21-19-17-15-13-11-9-7-2/h8,10,14,16,20,22,26-27,36,38,44,46,51-52,56H,6-7,9,11-13,15,17-19,21,23-25,28-35,37,39-43,45,47-50H2,1-5H3,(H-,54,57,58,59)/b10-8-,16-14-,22-20-,27-26-,38-36+,46-44+. The second kappa shape index (κ2) is 44.2. The van der Waals surface area contributed by atoms with Crippen LogP contribution in [0, 0.1) is 0 Å². The number of aliphatic hydroxyl groups is 1. The number of carbonyl (C=O) groups is 1. The monoisotopic (exact) mass is 889 g/mol. The summed E-state index contributed by atoms with van der Waals surface area (Å²) in [7, 11) is 1.23. The molecule has 0 saturated carbocycles. The van der Waals surface area contributed by atoms with E-state index in [2.05, 4.69) is 79.9 Å². The molecule has 0 aliphatic carbocycles. The number of nitrogens with one attached hydrogen (secondary N) is 1. The highest BCUT2D eigenvalue weighted by atomic mass is 31.2. The third kappa shape index (κ3) is 45.9. The molecule has 0 heterocycles. The summed E-state index contributed by atoms with van der Waals surface area (Å²) in [6, 6.07) is -0.911. The molecule has 0 radical (unpaired) electrons. The molecule has 1 amide bonds. The minimum atomic E-state index is -4.61. The fourth-order valence-electron chi connectivity index (χ4n) is 6.92. The lowest BCUT2D eigenvalue weighted by atomic mass is 10.0. The molecule has 360 valence electrons. The minimum Gasteiger partial charge on any atom is -0.756 e. The van der Waals surface area contributed by atoms with Gasteiger partial charge in [-0.2, -0.15) is 0 Å². The Morgan fingerprint density at radius 1 is 0.581 bits per heavy atom. The molecule has 0 aromatic rings. The number of phosphoric ester groups is 1. The molecule has 8 nitrogen and oxygen atoms in total. The van der Waals surface area contributed by atoms with Crippen molar-refractivity contribution in [2.45, 2.75) is 219 Å². The van der Waals surface area contributed by atoms with Gasteiger partial charge < -0.3 is 28.8 Å². The third-order valence-electron chi connectivity index (χ3n) is 10.9. The topological polar surface area (TPSA) is 108 Å². The summed E-state index contributed by atoms with van der Waals surface area (Å²) in [5, 5.41) is 13.8. The van der Waals surface area contributed by atoms with Crippen molar-refractivity contribution in [2.75, 3.05) is 40.9 Å². The maximum absolute atomic E-state index is 12.9. The number of hydrogen-bond donors (Lipinski definition) is 2. The van der Waals surface area contributed by atoms with Gasteiger partial charge in [0.1, 0.15) is 13.2 Å². The SMILES string of the molecule is CC/C=C\C/C=C\C/C=C\C/C=C\CCCCCCCCCCC(=O)NC(COP(=O)([O-])OCC[N+](C)(C)C)C(O)/C=C/CC/C=C/CCCCCCCCCCCCCCC. The fraction of sp³-hybridized carbons (Fsp3) is 0.755. The summed E-state index contributed by atoms with van der Waals surface area (Å²) in [6.07, 6.45) is 59.6. The lowest BCUT2D eigenvalue weighted by molar-refractivity contribution is -0.870. The van der Waals surface area contributed by atoms with Crippen molar-refractivity contribution < 1.29 is 32.9 Å². The summed E-state index contributed by atoms with van der Waals surface area (Å²) >= 11 is 0. The van der Waals surface area contributed by atoms with Gasteiger partial charge in [-0.1, -0.05) is 202 Å². The predicted molar refractivity (Wildman–Crippen MR) is 265 cm³/mol. The molecule has 9 heteroatoms. The van der Waals surface area contributed by atoms with Crippen molar-refractivity contribution in [1.82, 2.24) is 5.32 Å². The number of rotatable bonds is 45. The molecule has 3 unspecified atom stereocenters. The first-order valence-electron chi connectivity index (χ1n) is 25.3. The lowest BCUT2D eigenvalue weighted by Gasteiger charge is -2.29. The van der Waals surface area contributed by atoms with Gasteiger partial charge in [0.25, 0.3) is 7.82 Å². The summed E-state index contributed by atoms with van der Waals surface area (Å²) in [6.45, 7) is 4.51. The van der Waals surface area contributed by atoms with Crippen molar-refractivity contribution in [3.05, 3.63) is 72.9 Å². The van der Waals surface area contributed by atoms with Crippen LogP contribution in [0.3, 0.4) is 0 Å². The number of amides is 1. The molecule has 3 atom stereocenters. The molecule has 2 N–H and O–H groups in total. The molecule has 0 bridgehead atoms. The Labute approximate surface area is 383 Å². The first kappa shape index (κ1) is 59.9. The number of hydrogen-bond acceptors (Lipinski definition) is 6. The van der Waals surface area contributed by atoms with Gasteiger partial charge in [0.05, 0.1) is 39.9 Å². The Balaban J connectivity index is 4.40. The zero-order valence-electron chi connectivity index (χ0n) is 40.8. The van der Waals surface area contributed by atoms with Crippen LogP contribution in [0.25, 0.3) is 0 Å². The van der Waals surface area contributed by atoms with Crippen molar-refractivity contribution in [3.8, 4) is 0 Å². The number of nitrogens with zero attached hydrogens (tertiary/aromatic N) is 1. The number of aliphatic hydroxyl groups excluding tert-OH is 1. The van der Waals surface area contributed by atoms with Gasteiger partial charge in [0, 0.05) is 6.42 Å². The Bertz CT molecular complexity index is 1240. The Kier molecular flexibility index (Phi) is 42.7. The minimum absolute atomic E-state index is 0.0112. The van der Waals surface area contributed by atoms with E-state index in [0.29, 0.717) is 17.4 Å². The van der Waals surface area contributed by atoms with Crippen molar-refractivity contribution in [3.63, 3.8) is 0 Å². The second-order valence-corrected chi connectivity index (χ2v) is 19.5. The van der Waals surface area contributed by atoms with Crippen LogP contribution < -0.4 is 10.2 Å². The van der Waals surface area contributed by atoms with Gasteiger partial charge in [-0.15, -0.1) is 0 Å². The summed E-state index contributed by atoms with van der Waals surface area (Å²) in [4.78, 5) is 25.4. The van der Waals surface area contributed by atoms with Gasteiger partial charge in [0.15, 0.2) is 0 Å². The lowest BCUT2D eigenvalue weighted by Crippen LogP contribution is -2.45. The summed E-state index contributed by atoms with van der Waals surface area (Å²) < 4.78 is 23.3. The molecular weight excluding hydrogens is 792 g/mol. The van der Waals surface area contributed by atoms with Gasteiger partial charge in [-0.25, -0.2) is 0 Å². The highest BCUT2D eigenvalue weighted by Crippen LogP contribution is 2.38. The number of allylic oxidation sites excluding steroid dienone is 11. The van der Waals surface area contributed by atoms with E-state index in [1.807, 2.05) is 27.2 Å². The Morgan fingerprint density at radius 3 is 1.50 bits per heavy atom. The quantitative estimate of drug-likeness (QED) is 0.0273. The molecule has 0 aliphatic heterocycles. The van der Waals surface area contributed by atoms with Gasteiger partial charge in [-0.05, 0) is 70.6 Å². The van der Waals surface area contributed by atoms with Gasteiger partial charge in [0.2, 0.25) is 5.91 Å². The number of carbonyl (C=O) groups excluding carboxylic acids is 1. The van der Waals surface area contributed by atoms with E-state index in [0.717, 1.165) is 77.0 Å². The highest BCUT2D eigenvalue weighted by Gasteiger charge is 2.23. The van der Waals surface area contributed by atoms with Crippen molar-refractivity contribution >= 4 is 13.7 Å². The van der Waals surface area contributed by atoms with Crippen LogP contribution in [0.5, 0.6) is 0 Å². The summed E-state index contributed by atoms with van der Waals surface area (Å²) in [5.41, 5.74) is 0. The van der Waals surface area contributed by atoms with Crippen LogP contribution in [0.15, 0.2) is 72.9 Å². The smallest absolute Gasteiger partial charge is 0.268 e. The van der Waals surface area contributed by atoms with E-state index in [-0.39, 0.29) is 12.5 Å². The van der Waals surface area contributed by atoms with E-state index in [1.165, 1.54) is 109 Å². The van der Waals surface area contributed by atoms with E-state index < -0.39 is 26.6 Å². The molecule has 0 saturated heterocycles. The van der Waals surface area contributed by atoms with E-state index in [9.17, 15) is 19.4 Å². The van der Waals surface area contributed by atoms with Gasteiger partial charge in [-0.3, -0.25) is 9.36 Å². The van der Waals surface area contributed by atoms with Crippen LogP contribution >= 0.6 is 7.82 Å². The second-order valence-electron chi connectivity index (χ2n) is 18.1. The number of phosphoric acid groups is 1. The molecular formula is C53H97N2O6P. The third-order valence-corrected chi connectivity index (χ3v) is 11.9. The maximum Gasteiger partial charge on any atom is 0.268 e. The van der Waals surface area contributed by atoms with Crippen LogP contribution in [0.1, 0.15) is 206 Å². The molecule has 0 aromatic heterocycles. The predicted octanol–water partition coefficient (Wildman–Crippen LogP) is 14.1. The average Bonchev–Trinajstić information content (AvgIpc) is 3.23. The van der Waals surface area contributed by atoms with E-state index >= 15 is 0 Å². The zero-order valence-corrected chi connectivity index (χ0v) is 41.7. The largest absolute Gasteiger partial charge is 0.756 e. The first-order chi connectivity index (χ1) is 30.0. The van der Waals surface area contributed by atoms with Gasteiger partial charge >= 0.3 is 0 Å². The highest BCUT2D eigenvalue weighted by molar-refractivity contribution is 7.45. The van der Waals surface area contributed by atoms with E-state index in [1.54, 1.807) is 6.08 Å². The van der Waals surface area contributed by atoms with Crippen LogP contribution in [-0.2, 0) is 18.4 Å². The molecule has 0 fully saturated rings. The molecule has 0 spiro atoms. The fourth-order valence-corrected chi connectivity index (χ4v) is 7.65. The average molecular weight is 889 g/mol. The molecule has 0 rings (SSSR count). The molecule has 0 aliphatic rings. The Hall–Kier alpha value is -2.06. The number of unbranched alkanes of at least 4 members (excludes halogenated alkanes) is 22. The van der Waals surface area contributed by atoms with Crippen LogP contribution in [0.4, 0.5) is 0 Å². The Morgan fingerprint density at radius 2 is 1.00 bits per heavy atom. The number of likely N-dealkylation sites (N-methyl/N-ethyl adjacent to an activating group) is 1. The number of quaternary nitrogens is 1. The van der Waals surface area contributed by atoms with Crippen LogP contribution in [-0.4, -0.2) is 68.5 Å². The normalized spacial score (nSPS) is 14.8. The van der Waals surface area contributed by atoms with Crippen LogP contribution in [0.2, 0.25) is 0 Å². The van der Waals surface area contributed by atoms with E-state index in [4.69, 9.17) is 9.05 Å². The maximum atomic E-state index is 12.9. The summed E-state index contributed by atoms with van der Waals surface area (Å²) in [5.74, 6) is -0.218.